The Hall–Kier alpha value is -1.32. The quantitative estimate of drug-likeness (QED) is 0.845. The van der Waals surface area contributed by atoms with E-state index in [-0.39, 0.29) is 5.54 Å². The molecule has 2 aliphatic heterocycles. The summed E-state index contributed by atoms with van der Waals surface area (Å²) in [5.74, 6) is 0.729. The second-order valence-corrected chi connectivity index (χ2v) is 7.30. The van der Waals surface area contributed by atoms with Crippen LogP contribution in [-0.4, -0.2) is 24.2 Å². The molecule has 2 aromatic rings. The first-order valence-corrected chi connectivity index (χ1v) is 8.85. The molecule has 0 bridgehead atoms. The molecule has 1 aliphatic carbocycles. The molecule has 5 rings (SSSR count). The number of H-pyrrole nitrogens is 1. The molecule has 3 nitrogen and oxygen atoms in total. The Bertz CT molecular complexity index is 701. The van der Waals surface area contributed by atoms with Crippen LogP contribution < -0.4 is 5.32 Å². The molecule has 0 amide bonds. The van der Waals surface area contributed by atoms with Crippen LogP contribution in [-0.2, 0) is 16.7 Å². The highest BCUT2D eigenvalue weighted by Crippen LogP contribution is 2.47. The van der Waals surface area contributed by atoms with Crippen LogP contribution in [0.1, 0.15) is 43.4 Å². The van der Waals surface area contributed by atoms with Crippen molar-refractivity contribution in [3.05, 3.63) is 35.5 Å². The summed E-state index contributed by atoms with van der Waals surface area (Å²) < 4.78 is 6.13. The van der Waals surface area contributed by atoms with E-state index in [1.54, 1.807) is 0 Å². The fourth-order valence-electron chi connectivity index (χ4n) is 5.03. The van der Waals surface area contributed by atoms with Crippen molar-refractivity contribution in [1.29, 1.82) is 0 Å². The normalized spacial score (nSPS) is 32.1. The average molecular weight is 296 g/mol. The molecular formula is C19H24N2O. The molecule has 2 N–H and O–H groups in total. The molecule has 2 fully saturated rings. The van der Waals surface area contributed by atoms with E-state index in [9.17, 15) is 0 Å². The zero-order valence-electron chi connectivity index (χ0n) is 13.0. The van der Waals surface area contributed by atoms with Gasteiger partial charge in [0.1, 0.15) is 5.54 Å². The smallest absolute Gasteiger partial charge is 0.109 e. The Balaban J connectivity index is 1.59. The SMILES string of the molecule is c1ccc2c3c([nH]c2c1)[C@]1(CO[C@@H]1C1CCCCC1)NCC3. The van der Waals surface area contributed by atoms with Gasteiger partial charge in [0.2, 0.25) is 0 Å². The fraction of sp³-hybridized carbons (Fsp3) is 0.579. The lowest BCUT2D eigenvalue weighted by molar-refractivity contribution is -0.189. The van der Waals surface area contributed by atoms with Crippen LogP contribution >= 0.6 is 0 Å². The van der Waals surface area contributed by atoms with Crippen molar-refractivity contribution < 1.29 is 4.74 Å². The molecule has 3 heteroatoms. The summed E-state index contributed by atoms with van der Waals surface area (Å²) in [6.07, 6.45) is 8.31. The van der Waals surface area contributed by atoms with Gasteiger partial charge in [0.05, 0.1) is 12.7 Å². The predicted octanol–water partition coefficient (Wildman–Crippen LogP) is 3.49. The highest BCUT2D eigenvalue weighted by Gasteiger charge is 2.55. The largest absolute Gasteiger partial charge is 0.373 e. The summed E-state index contributed by atoms with van der Waals surface area (Å²) in [6, 6.07) is 8.75. The minimum Gasteiger partial charge on any atom is -0.373 e. The molecule has 3 heterocycles. The molecule has 1 aromatic heterocycles. The van der Waals surface area contributed by atoms with Gasteiger partial charge in [-0.15, -0.1) is 0 Å². The van der Waals surface area contributed by atoms with Crippen LogP contribution in [0.25, 0.3) is 10.9 Å². The molecule has 1 aromatic carbocycles. The lowest BCUT2D eigenvalue weighted by atomic mass is 9.70. The van der Waals surface area contributed by atoms with Crippen molar-refractivity contribution in [2.75, 3.05) is 13.2 Å². The Morgan fingerprint density at radius 3 is 2.77 bits per heavy atom. The van der Waals surface area contributed by atoms with Crippen molar-refractivity contribution in [2.24, 2.45) is 5.92 Å². The Labute approximate surface area is 131 Å². The van der Waals surface area contributed by atoms with E-state index >= 15 is 0 Å². The molecule has 0 unspecified atom stereocenters. The standard InChI is InChI=1S/C19H24N2O/c1-2-6-13(7-3-1)18-19(12-22-18)17-15(10-11-20-19)14-8-4-5-9-16(14)21-17/h4-5,8-9,13,18,20-21H,1-3,6-7,10-12H2/t18-,19+/m1/s1. The van der Waals surface area contributed by atoms with E-state index in [1.807, 2.05) is 0 Å². The number of nitrogens with one attached hydrogen (secondary N) is 2. The van der Waals surface area contributed by atoms with Gasteiger partial charge >= 0.3 is 0 Å². The minimum absolute atomic E-state index is 0.0502. The summed E-state index contributed by atoms with van der Waals surface area (Å²) >= 11 is 0. The van der Waals surface area contributed by atoms with Crippen molar-refractivity contribution >= 4 is 10.9 Å². The van der Waals surface area contributed by atoms with E-state index in [4.69, 9.17) is 4.74 Å². The Kier molecular flexibility index (Phi) is 2.89. The molecule has 1 saturated heterocycles. The third-order valence-corrected chi connectivity index (χ3v) is 6.13. The second kappa shape index (κ2) is 4.84. The van der Waals surface area contributed by atoms with Crippen molar-refractivity contribution in [2.45, 2.75) is 50.2 Å². The predicted molar refractivity (Wildman–Crippen MR) is 88.0 cm³/mol. The lowest BCUT2D eigenvalue weighted by Gasteiger charge is -2.55. The molecule has 22 heavy (non-hydrogen) atoms. The maximum atomic E-state index is 6.13. The molecule has 2 atom stereocenters. The third kappa shape index (κ3) is 1.70. The van der Waals surface area contributed by atoms with Crippen LogP contribution in [0.15, 0.2) is 24.3 Å². The minimum atomic E-state index is 0.0502. The second-order valence-electron chi connectivity index (χ2n) is 7.30. The monoisotopic (exact) mass is 296 g/mol. The molecule has 1 saturated carbocycles. The van der Waals surface area contributed by atoms with Gasteiger partial charge in [0.15, 0.2) is 0 Å². The van der Waals surface area contributed by atoms with Crippen molar-refractivity contribution in [1.82, 2.24) is 10.3 Å². The fourth-order valence-corrected chi connectivity index (χ4v) is 5.03. The number of aromatic amines is 1. The molecule has 3 aliphatic rings. The number of rotatable bonds is 1. The van der Waals surface area contributed by atoms with E-state index in [0.717, 1.165) is 25.5 Å². The summed E-state index contributed by atoms with van der Waals surface area (Å²) in [4.78, 5) is 3.74. The van der Waals surface area contributed by atoms with Gasteiger partial charge in [-0.3, -0.25) is 0 Å². The highest BCUT2D eigenvalue weighted by molar-refractivity contribution is 5.85. The van der Waals surface area contributed by atoms with Gasteiger partial charge in [-0.2, -0.15) is 0 Å². The first kappa shape index (κ1) is 13.1. The molecular weight excluding hydrogens is 272 g/mol. The molecule has 116 valence electrons. The van der Waals surface area contributed by atoms with Crippen LogP contribution in [0.3, 0.4) is 0 Å². The van der Waals surface area contributed by atoms with Gasteiger partial charge in [0, 0.05) is 23.1 Å². The lowest BCUT2D eigenvalue weighted by Crippen LogP contribution is -2.68. The summed E-state index contributed by atoms with van der Waals surface area (Å²) in [6.45, 7) is 1.90. The first-order chi connectivity index (χ1) is 10.9. The summed E-state index contributed by atoms with van der Waals surface area (Å²) in [5, 5.41) is 5.25. The van der Waals surface area contributed by atoms with Gasteiger partial charge in [-0.05, 0) is 36.8 Å². The molecule has 1 spiro atoms. The number of para-hydroxylation sites is 1. The number of aromatic nitrogens is 1. The van der Waals surface area contributed by atoms with Gasteiger partial charge in [0.25, 0.3) is 0 Å². The maximum Gasteiger partial charge on any atom is 0.109 e. The number of fused-ring (bicyclic) bond motifs is 4. The third-order valence-electron chi connectivity index (χ3n) is 6.13. The highest BCUT2D eigenvalue weighted by atomic mass is 16.5. The van der Waals surface area contributed by atoms with E-state index < -0.39 is 0 Å². The summed E-state index contributed by atoms with van der Waals surface area (Å²) in [5.41, 5.74) is 4.28. The Morgan fingerprint density at radius 2 is 1.95 bits per heavy atom. The van der Waals surface area contributed by atoms with Crippen molar-refractivity contribution in [3.8, 4) is 0 Å². The van der Waals surface area contributed by atoms with Crippen LogP contribution in [0.5, 0.6) is 0 Å². The van der Waals surface area contributed by atoms with Crippen LogP contribution in [0.4, 0.5) is 0 Å². The number of hydrogen-bond donors (Lipinski definition) is 2. The topological polar surface area (TPSA) is 37.0 Å². The van der Waals surface area contributed by atoms with E-state index in [1.165, 1.54) is 54.3 Å². The zero-order chi connectivity index (χ0) is 14.6. The van der Waals surface area contributed by atoms with Crippen LogP contribution in [0, 0.1) is 5.92 Å². The van der Waals surface area contributed by atoms with E-state index in [2.05, 4.69) is 34.6 Å². The average Bonchev–Trinajstić information content (AvgIpc) is 2.93. The maximum absolute atomic E-state index is 6.13. The Morgan fingerprint density at radius 1 is 1.09 bits per heavy atom. The number of benzene rings is 1. The number of hydrogen-bond acceptors (Lipinski definition) is 2. The van der Waals surface area contributed by atoms with Gasteiger partial charge < -0.3 is 15.0 Å². The zero-order valence-corrected chi connectivity index (χ0v) is 13.0. The van der Waals surface area contributed by atoms with E-state index in [0.29, 0.717) is 6.10 Å². The molecule has 0 radical (unpaired) electrons. The van der Waals surface area contributed by atoms with Gasteiger partial charge in [-0.1, -0.05) is 37.5 Å². The van der Waals surface area contributed by atoms with Crippen LogP contribution in [0.2, 0.25) is 0 Å². The van der Waals surface area contributed by atoms with Gasteiger partial charge in [-0.25, -0.2) is 0 Å². The summed E-state index contributed by atoms with van der Waals surface area (Å²) in [7, 11) is 0. The first-order valence-electron chi connectivity index (χ1n) is 8.85. The van der Waals surface area contributed by atoms with Crippen molar-refractivity contribution in [3.63, 3.8) is 0 Å². The number of ether oxygens (including phenoxy) is 1.